The minimum Gasteiger partial charge on any atom is -1.00 e. The van der Waals surface area contributed by atoms with E-state index in [0.717, 1.165) is 10.9 Å². The van der Waals surface area contributed by atoms with Crippen LogP contribution in [0.4, 0.5) is 0 Å². The van der Waals surface area contributed by atoms with E-state index in [1.54, 1.807) is 36.4 Å². The highest BCUT2D eigenvalue weighted by atomic mass is 79.9. The Balaban J connectivity index is 0.00000384. The minimum atomic E-state index is -4.01. The van der Waals surface area contributed by atoms with E-state index in [0.29, 0.717) is 17.4 Å². The van der Waals surface area contributed by atoms with E-state index in [4.69, 9.17) is 0 Å². The molecule has 0 aliphatic carbocycles. The average molecular weight is 681 g/mol. The molecule has 0 amide bonds. The van der Waals surface area contributed by atoms with Gasteiger partial charge in [-0.1, -0.05) is 91.0 Å². The van der Waals surface area contributed by atoms with Crippen LogP contribution in [0.15, 0.2) is 157 Å². The number of rotatable bonds is 9. The lowest BCUT2D eigenvalue weighted by Gasteiger charge is -2.28. The Morgan fingerprint density at radius 1 is 0.659 bits per heavy atom. The fourth-order valence-electron chi connectivity index (χ4n) is 5.79. The molecule has 0 fully saturated rings. The van der Waals surface area contributed by atoms with Gasteiger partial charge in [-0.05, 0) is 73.7 Å². The second-order valence-electron chi connectivity index (χ2n) is 10.4. The molecule has 6 aromatic rings. The molecule has 44 heavy (non-hydrogen) atoms. The maximum Gasteiger partial charge on any atom is 0.268 e. The summed E-state index contributed by atoms with van der Waals surface area (Å²) >= 11 is 0. The average Bonchev–Trinajstić information content (AvgIpc) is 3.37. The van der Waals surface area contributed by atoms with Crippen molar-refractivity contribution in [1.82, 2.24) is 3.97 Å². The third-order valence-corrected chi connectivity index (χ3v) is 13.8. The molecular weight excluding hydrogens is 649 g/mol. The van der Waals surface area contributed by atoms with Gasteiger partial charge in [0, 0.05) is 10.9 Å². The van der Waals surface area contributed by atoms with Crippen molar-refractivity contribution < 1.29 is 30.2 Å². The molecule has 1 heterocycles. The van der Waals surface area contributed by atoms with Crippen LogP contribution in [-0.2, 0) is 21.0 Å². The van der Waals surface area contributed by atoms with E-state index >= 15 is 0 Å². The number of nitrogens with zero attached hydrogens (tertiary/aromatic N) is 1. The zero-order chi connectivity index (χ0) is 29.9. The summed E-state index contributed by atoms with van der Waals surface area (Å²) in [6.45, 7) is 1.48. The van der Waals surface area contributed by atoms with Crippen molar-refractivity contribution in [3.63, 3.8) is 0 Å². The molecular formula is C37H31BrNO3PS. The molecule has 1 aromatic heterocycles. The molecule has 6 rings (SSSR count). The third-order valence-electron chi connectivity index (χ3n) is 7.72. The SMILES string of the molecule is CC(=O)/C=C/c1c(C[P+](c2ccccc2)(c2ccccc2)c2ccccc2)c2ccccc2n1S(=O)(=O)c1ccccc1.[Br-]. The van der Waals surface area contributed by atoms with Gasteiger partial charge in [0.2, 0.25) is 0 Å². The Bertz CT molecular complexity index is 1930. The van der Waals surface area contributed by atoms with Gasteiger partial charge in [0.15, 0.2) is 5.78 Å². The molecule has 0 bridgehead atoms. The molecule has 0 saturated heterocycles. The lowest BCUT2D eigenvalue weighted by atomic mass is 10.1. The first-order chi connectivity index (χ1) is 20.9. The van der Waals surface area contributed by atoms with Crippen molar-refractivity contribution in [2.24, 2.45) is 0 Å². The van der Waals surface area contributed by atoms with Crippen LogP contribution in [0.1, 0.15) is 18.2 Å². The van der Waals surface area contributed by atoms with Gasteiger partial charge >= 0.3 is 0 Å². The van der Waals surface area contributed by atoms with Gasteiger partial charge in [0.1, 0.15) is 29.3 Å². The Morgan fingerprint density at radius 2 is 1.09 bits per heavy atom. The van der Waals surface area contributed by atoms with Gasteiger partial charge in [0.25, 0.3) is 10.0 Å². The quantitative estimate of drug-likeness (QED) is 0.172. The summed E-state index contributed by atoms with van der Waals surface area (Å²) in [5.41, 5.74) is 1.96. The van der Waals surface area contributed by atoms with Crippen LogP contribution in [0.3, 0.4) is 0 Å². The van der Waals surface area contributed by atoms with Crippen LogP contribution in [-0.4, -0.2) is 18.2 Å². The number of allylic oxidation sites excluding steroid dienone is 1. The van der Waals surface area contributed by atoms with Crippen LogP contribution in [0, 0.1) is 0 Å². The van der Waals surface area contributed by atoms with E-state index in [1.807, 2.05) is 42.5 Å². The van der Waals surface area contributed by atoms with Crippen molar-refractivity contribution in [1.29, 1.82) is 0 Å². The topological polar surface area (TPSA) is 56.1 Å². The molecule has 4 nitrogen and oxygen atoms in total. The number of halogens is 1. The molecule has 0 saturated carbocycles. The Morgan fingerprint density at radius 3 is 1.57 bits per heavy atom. The Hall–Kier alpha value is -4.09. The number of hydrogen-bond donors (Lipinski definition) is 0. The molecule has 0 radical (unpaired) electrons. The van der Waals surface area contributed by atoms with E-state index in [9.17, 15) is 13.2 Å². The summed E-state index contributed by atoms with van der Waals surface area (Å²) < 4.78 is 30.1. The molecule has 0 unspecified atom stereocenters. The fraction of sp³-hybridized carbons (Fsp3) is 0.0541. The van der Waals surface area contributed by atoms with Gasteiger partial charge in [-0.25, -0.2) is 12.4 Å². The number of carbonyl (C=O) groups excluding carboxylic acids is 1. The highest BCUT2D eigenvalue weighted by Gasteiger charge is 2.47. The van der Waals surface area contributed by atoms with Gasteiger partial charge < -0.3 is 17.0 Å². The summed E-state index contributed by atoms with van der Waals surface area (Å²) in [6.07, 6.45) is 3.69. The monoisotopic (exact) mass is 679 g/mol. The fourth-order valence-corrected chi connectivity index (χ4v) is 11.6. The maximum absolute atomic E-state index is 14.4. The number of fused-ring (bicyclic) bond motifs is 1. The Kier molecular flexibility index (Phi) is 9.45. The van der Waals surface area contributed by atoms with Crippen LogP contribution in [0.25, 0.3) is 17.0 Å². The minimum absolute atomic E-state index is 0. The zero-order valence-corrected chi connectivity index (χ0v) is 27.4. The summed E-state index contributed by atoms with van der Waals surface area (Å²) in [7, 11) is -6.40. The normalized spacial score (nSPS) is 11.8. The second-order valence-corrected chi connectivity index (χ2v) is 15.7. The van der Waals surface area contributed by atoms with E-state index in [2.05, 4.69) is 72.8 Å². The summed E-state index contributed by atoms with van der Waals surface area (Å²) in [4.78, 5) is 12.5. The lowest BCUT2D eigenvalue weighted by molar-refractivity contribution is -0.112. The van der Waals surface area contributed by atoms with Gasteiger partial charge in [0.05, 0.1) is 16.1 Å². The number of para-hydroxylation sites is 1. The van der Waals surface area contributed by atoms with E-state index in [1.165, 1.54) is 32.9 Å². The molecule has 220 valence electrons. The largest absolute Gasteiger partial charge is 1.00 e. The number of benzene rings is 5. The first kappa shape index (κ1) is 31.3. The third kappa shape index (κ3) is 5.73. The molecule has 0 atom stereocenters. The maximum atomic E-state index is 14.4. The molecule has 0 aliphatic rings. The first-order valence-corrected chi connectivity index (χ1v) is 17.5. The van der Waals surface area contributed by atoms with Crippen LogP contribution in [0.2, 0.25) is 0 Å². The van der Waals surface area contributed by atoms with E-state index in [-0.39, 0.29) is 27.7 Å². The number of aromatic nitrogens is 1. The lowest BCUT2D eigenvalue weighted by Crippen LogP contribution is -3.00. The van der Waals surface area contributed by atoms with Gasteiger partial charge in [-0.15, -0.1) is 0 Å². The number of ketones is 1. The van der Waals surface area contributed by atoms with Crippen molar-refractivity contribution in [3.05, 3.63) is 163 Å². The van der Waals surface area contributed by atoms with Crippen molar-refractivity contribution in [3.8, 4) is 0 Å². The summed E-state index contributed by atoms with van der Waals surface area (Å²) in [5, 5.41) is 4.42. The van der Waals surface area contributed by atoms with Crippen molar-refractivity contribution in [2.45, 2.75) is 18.0 Å². The highest BCUT2D eigenvalue weighted by molar-refractivity contribution is 7.95. The Labute approximate surface area is 269 Å². The van der Waals surface area contributed by atoms with Crippen LogP contribution >= 0.6 is 7.26 Å². The molecule has 5 aromatic carbocycles. The predicted molar refractivity (Wildman–Crippen MR) is 180 cm³/mol. The molecule has 0 aliphatic heterocycles. The molecule has 7 heteroatoms. The van der Waals surface area contributed by atoms with Crippen LogP contribution < -0.4 is 32.9 Å². The van der Waals surface area contributed by atoms with Crippen molar-refractivity contribution >= 4 is 56.0 Å². The zero-order valence-electron chi connectivity index (χ0n) is 24.1. The molecule has 0 N–H and O–H groups in total. The molecule has 0 spiro atoms. The predicted octanol–water partition coefficient (Wildman–Crippen LogP) is 3.98. The van der Waals surface area contributed by atoms with Crippen LogP contribution in [0.5, 0.6) is 0 Å². The highest BCUT2D eigenvalue weighted by Crippen LogP contribution is 2.59. The second kappa shape index (κ2) is 13.3. The summed E-state index contributed by atoms with van der Waals surface area (Å²) in [5.74, 6) is -0.157. The van der Waals surface area contributed by atoms with Crippen molar-refractivity contribution in [2.75, 3.05) is 0 Å². The van der Waals surface area contributed by atoms with Gasteiger partial charge in [-0.2, -0.15) is 0 Å². The summed E-state index contributed by atoms with van der Waals surface area (Å²) in [6, 6.07) is 47.6. The standard InChI is InChI=1S/C37H31NO3PS.BrH/c1-29(39)26-27-37-35(34-24-14-15-25-36(34)38(37)43(40,41)33-22-12-5-13-23-33)28-42(30-16-6-2-7-17-30,31-18-8-3-9-19-31)32-20-10-4-11-21-32;/h2-27H,28H2,1H3;1H/q+1;/p-1/b27-26+;. The smallest absolute Gasteiger partial charge is 0.268 e. The number of hydrogen-bond acceptors (Lipinski definition) is 3. The first-order valence-electron chi connectivity index (χ1n) is 14.1. The van der Waals surface area contributed by atoms with Gasteiger partial charge in [-0.3, -0.25) is 4.79 Å². The van der Waals surface area contributed by atoms with E-state index < -0.39 is 17.3 Å². The number of carbonyl (C=O) groups is 1.